The van der Waals surface area contributed by atoms with Crippen LogP contribution in [-0.4, -0.2) is 36.7 Å². The van der Waals surface area contributed by atoms with Crippen molar-refractivity contribution >= 4 is 29.5 Å². The summed E-state index contributed by atoms with van der Waals surface area (Å²) in [6.07, 6.45) is 5.69. The van der Waals surface area contributed by atoms with Gasteiger partial charge in [0.2, 0.25) is 11.8 Å². The van der Waals surface area contributed by atoms with Gasteiger partial charge in [-0.05, 0) is 54.3 Å². The van der Waals surface area contributed by atoms with Crippen molar-refractivity contribution in [3.63, 3.8) is 0 Å². The van der Waals surface area contributed by atoms with E-state index in [0.29, 0.717) is 24.3 Å². The summed E-state index contributed by atoms with van der Waals surface area (Å²) in [7, 11) is 0. The summed E-state index contributed by atoms with van der Waals surface area (Å²) < 4.78 is 5.44. The molecule has 0 radical (unpaired) electrons. The van der Waals surface area contributed by atoms with Gasteiger partial charge in [-0.15, -0.1) is 0 Å². The Bertz CT molecular complexity index is 1220. The van der Waals surface area contributed by atoms with Crippen molar-refractivity contribution < 1.29 is 24.0 Å². The number of amides is 3. The second-order valence-corrected chi connectivity index (χ2v) is 8.91. The van der Waals surface area contributed by atoms with E-state index in [-0.39, 0.29) is 11.8 Å². The Morgan fingerprint density at radius 1 is 0.921 bits per heavy atom. The zero-order valence-corrected chi connectivity index (χ0v) is 21.0. The second-order valence-electron chi connectivity index (χ2n) is 8.91. The van der Waals surface area contributed by atoms with Crippen LogP contribution in [0.3, 0.4) is 0 Å². The summed E-state index contributed by atoms with van der Waals surface area (Å²) >= 11 is 0. The average Bonchev–Trinajstić information content (AvgIpc) is 2.96. The molecule has 38 heavy (non-hydrogen) atoms. The third kappa shape index (κ3) is 8.40. The Kier molecular flexibility index (Phi) is 9.78. The van der Waals surface area contributed by atoms with E-state index >= 15 is 0 Å². The third-order valence-corrected chi connectivity index (χ3v) is 5.98. The summed E-state index contributed by atoms with van der Waals surface area (Å²) in [4.78, 5) is 43.5. The largest absolute Gasteiger partial charge is 0.350 e. The number of ether oxygens (including phenoxy) is 1. The lowest BCUT2D eigenvalue weighted by Gasteiger charge is -2.22. The van der Waals surface area contributed by atoms with E-state index in [4.69, 9.17) is 9.57 Å². The first-order valence-electron chi connectivity index (χ1n) is 12.6. The minimum absolute atomic E-state index is 0.318. The maximum Gasteiger partial charge on any atom is 0.274 e. The highest BCUT2D eigenvalue weighted by Gasteiger charge is 2.21. The monoisotopic (exact) mass is 513 g/mol. The Balaban J connectivity index is 1.36. The molecular weight excluding hydrogens is 482 g/mol. The lowest BCUT2D eigenvalue weighted by molar-refractivity contribution is -0.186. The third-order valence-electron chi connectivity index (χ3n) is 5.98. The number of hydrogen-bond donors (Lipinski definition) is 3. The molecule has 1 aliphatic heterocycles. The standard InChI is InChI=1S/C30H31N3O5/c34-27(19-14-22-9-3-1-4-10-22)32-26(21-23-11-5-2-6-12-23)30(36)31-25-17-15-24(16-18-25)29(35)33-38-28-13-7-8-20-37-28/h1-6,9-12,14-19,26,28H,7-8,13,20-21H2,(H,31,36)(H,32,34)(H,33,35)/b19-14-/t26-,28?/m0/s1. The highest BCUT2D eigenvalue weighted by Crippen LogP contribution is 2.14. The number of carbonyl (C=O) groups is 3. The minimum Gasteiger partial charge on any atom is -0.350 e. The zero-order valence-electron chi connectivity index (χ0n) is 21.0. The molecule has 4 rings (SSSR count). The van der Waals surface area contributed by atoms with E-state index in [1.807, 2.05) is 60.7 Å². The molecule has 3 N–H and O–H groups in total. The quantitative estimate of drug-likeness (QED) is 0.278. The number of rotatable bonds is 10. The van der Waals surface area contributed by atoms with Gasteiger partial charge in [-0.2, -0.15) is 0 Å². The van der Waals surface area contributed by atoms with Crippen molar-refractivity contribution in [2.45, 2.75) is 38.0 Å². The molecule has 1 heterocycles. The Labute approximate surface area is 222 Å². The van der Waals surface area contributed by atoms with Crippen LogP contribution in [0.2, 0.25) is 0 Å². The van der Waals surface area contributed by atoms with Gasteiger partial charge in [0.1, 0.15) is 6.04 Å². The maximum absolute atomic E-state index is 13.2. The van der Waals surface area contributed by atoms with Crippen LogP contribution in [0, 0.1) is 0 Å². The number of benzene rings is 3. The topological polar surface area (TPSA) is 106 Å². The summed E-state index contributed by atoms with van der Waals surface area (Å²) in [6.45, 7) is 0.615. The van der Waals surface area contributed by atoms with Gasteiger partial charge < -0.3 is 15.4 Å². The normalized spacial score (nSPS) is 15.9. The molecule has 196 valence electrons. The van der Waals surface area contributed by atoms with Crippen molar-refractivity contribution in [1.29, 1.82) is 0 Å². The van der Waals surface area contributed by atoms with Crippen LogP contribution >= 0.6 is 0 Å². The number of hydroxylamine groups is 1. The molecule has 0 aromatic heterocycles. The fourth-order valence-electron chi connectivity index (χ4n) is 3.93. The van der Waals surface area contributed by atoms with E-state index in [1.165, 1.54) is 6.08 Å². The molecule has 3 amide bonds. The van der Waals surface area contributed by atoms with Crippen LogP contribution in [0.5, 0.6) is 0 Å². The van der Waals surface area contributed by atoms with Gasteiger partial charge in [0, 0.05) is 36.8 Å². The van der Waals surface area contributed by atoms with E-state index in [1.54, 1.807) is 30.3 Å². The van der Waals surface area contributed by atoms with Gasteiger partial charge in [0.05, 0.1) is 0 Å². The Morgan fingerprint density at radius 2 is 1.63 bits per heavy atom. The van der Waals surface area contributed by atoms with Gasteiger partial charge in [0.15, 0.2) is 6.29 Å². The van der Waals surface area contributed by atoms with E-state index in [9.17, 15) is 14.4 Å². The van der Waals surface area contributed by atoms with E-state index < -0.39 is 18.2 Å². The minimum atomic E-state index is -0.808. The van der Waals surface area contributed by atoms with Gasteiger partial charge in [-0.1, -0.05) is 60.7 Å². The van der Waals surface area contributed by atoms with Crippen LogP contribution < -0.4 is 16.1 Å². The number of carbonyl (C=O) groups excluding carboxylic acids is 3. The van der Waals surface area contributed by atoms with Crippen molar-refractivity contribution in [1.82, 2.24) is 10.8 Å². The summed E-state index contributed by atoms with van der Waals surface area (Å²) in [6, 6.07) is 24.5. The van der Waals surface area contributed by atoms with E-state index in [2.05, 4.69) is 16.1 Å². The smallest absolute Gasteiger partial charge is 0.274 e. The number of hydrogen-bond acceptors (Lipinski definition) is 5. The Morgan fingerprint density at radius 3 is 2.32 bits per heavy atom. The number of anilines is 1. The van der Waals surface area contributed by atoms with Gasteiger partial charge >= 0.3 is 0 Å². The number of nitrogens with one attached hydrogen (secondary N) is 3. The van der Waals surface area contributed by atoms with Gasteiger partial charge in [-0.3, -0.25) is 14.4 Å². The highest BCUT2D eigenvalue weighted by atomic mass is 16.8. The second kappa shape index (κ2) is 13.9. The van der Waals surface area contributed by atoms with Crippen LogP contribution in [0.1, 0.15) is 40.7 Å². The molecule has 8 heteroatoms. The predicted octanol–water partition coefficient (Wildman–Crippen LogP) is 4.25. The molecule has 0 aliphatic carbocycles. The lowest BCUT2D eigenvalue weighted by Crippen LogP contribution is -2.44. The average molecular weight is 514 g/mol. The predicted molar refractivity (Wildman–Crippen MR) is 145 cm³/mol. The highest BCUT2D eigenvalue weighted by molar-refractivity contribution is 6.00. The Hall–Kier alpha value is -4.27. The van der Waals surface area contributed by atoms with Crippen molar-refractivity contribution in [3.8, 4) is 0 Å². The molecule has 0 saturated carbocycles. The van der Waals surface area contributed by atoms with Crippen molar-refractivity contribution in [2.24, 2.45) is 0 Å². The van der Waals surface area contributed by atoms with Crippen LogP contribution in [0.25, 0.3) is 6.08 Å². The molecule has 1 saturated heterocycles. The van der Waals surface area contributed by atoms with Crippen LogP contribution in [-0.2, 0) is 25.6 Å². The summed E-state index contributed by atoms with van der Waals surface area (Å²) in [5.41, 5.74) is 5.08. The molecule has 1 unspecified atom stereocenters. The van der Waals surface area contributed by atoms with E-state index in [0.717, 1.165) is 30.4 Å². The molecule has 0 bridgehead atoms. The van der Waals surface area contributed by atoms with Crippen LogP contribution in [0.4, 0.5) is 5.69 Å². The first-order valence-corrected chi connectivity index (χ1v) is 12.6. The molecule has 2 atom stereocenters. The zero-order chi connectivity index (χ0) is 26.6. The summed E-state index contributed by atoms with van der Waals surface area (Å²) in [5.74, 6) is -1.15. The molecule has 1 aliphatic rings. The lowest BCUT2D eigenvalue weighted by atomic mass is 10.0. The first-order chi connectivity index (χ1) is 18.6. The molecule has 3 aromatic rings. The molecule has 8 nitrogen and oxygen atoms in total. The maximum atomic E-state index is 13.2. The van der Waals surface area contributed by atoms with Crippen LogP contribution in [0.15, 0.2) is 91.0 Å². The van der Waals surface area contributed by atoms with Gasteiger partial charge in [0.25, 0.3) is 5.91 Å². The van der Waals surface area contributed by atoms with Crippen molar-refractivity contribution in [3.05, 3.63) is 108 Å². The van der Waals surface area contributed by atoms with Gasteiger partial charge in [-0.25, -0.2) is 10.3 Å². The molecule has 0 spiro atoms. The van der Waals surface area contributed by atoms with Crippen molar-refractivity contribution in [2.75, 3.05) is 11.9 Å². The summed E-state index contributed by atoms with van der Waals surface area (Å²) in [5, 5.41) is 5.63. The SMILES string of the molecule is O=C(/C=C\c1ccccc1)N[C@@H](Cc1ccccc1)C(=O)Nc1ccc(C(=O)NOC2CCCCO2)cc1. The molecular formula is C30H31N3O5. The first kappa shape index (κ1) is 26.8. The fraction of sp³-hybridized carbons (Fsp3) is 0.233. The molecule has 1 fully saturated rings. The fourth-order valence-corrected chi connectivity index (χ4v) is 3.93. The molecule has 3 aromatic carbocycles.